The van der Waals surface area contributed by atoms with Crippen LogP contribution in [0.5, 0.6) is 0 Å². The van der Waals surface area contributed by atoms with Crippen molar-refractivity contribution in [3.63, 3.8) is 0 Å². The van der Waals surface area contributed by atoms with Gasteiger partial charge in [-0.05, 0) is 51.0 Å². The summed E-state index contributed by atoms with van der Waals surface area (Å²) in [5, 5.41) is 0. The van der Waals surface area contributed by atoms with Crippen LogP contribution in [0.4, 0.5) is 0 Å². The smallest absolute Gasteiger partial charge is 0.338 e. The second-order valence-corrected chi connectivity index (χ2v) is 7.88. The first kappa shape index (κ1) is 23.7. The van der Waals surface area contributed by atoms with Gasteiger partial charge in [0.05, 0.1) is 23.3 Å². The minimum atomic E-state index is -0.760. The van der Waals surface area contributed by atoms with Crippen LogP contribution < -0.4 is 0 Å². The van der Waals surface area contributed by atoms with Crippen molar-refractivity contribution in [1.29, 1.82) is 0 Å². The molecule has 0 aliphatic carbocycles. The molecule has 6 heteroatoms. The first-order chi connectivity index (χ1) is 15.5. The summed E-state index contributed by atoms with van der Waals surface area (Å²) < 4.78 is 23.6. The van der Waals surface area contributed by atoms with Gasteiger partial charge in [0, 0.05) is 6.42 Å². The topological polar surface area (TPSA) is 71.1 Å². The van der Waals surface area contributed by atoms with E-state index in [1.165, 1.54) is 0 Å². The van der Waals surface area contributed by atoms with E-state index in [1.54, 1.807) is 48.5 Å². The van der Waals surface area contributed by atoms with Gasteiger partial charge >= 0.3 is 11.9 Å². The third-order valence-electron chi connectivity index (χ3n) is 5.32. The highest BCUT2D eigenvalue weighted by Gasteiger charge is 2.41. The van der Waals surface area contributed by atoms with Crippen molar-refractivity contribution in [3.05, 3.63) is 84.4 Å². The van der Waals surface area contributed by atoms with Crippen molar-refractivity contribution in [1.82, 2.24) is 0 Å². The monoisotopic (exact) mass is 438 g/mol. The predicted octanol–water partition coefficient (Wildman–Crippen LogP) is 4.94. The van der Waals surface area contributed by atoms with Crippen LogP contribution in [0.1, 0.15) is 53.8 Å². The van der Waals surface area contributed by atoms with Crippen molar-refractivity contribution in [2.24, 2.45) is 0 Å². The molecule has 0 saturated carbocycles. The molecular weight excluding hydrogens is 408 g/mol. The lowest BCUT2D eigenvalue weighted by Crippen LogP contribution is -2.51. The lowest BCUT2D eigenvalue weighted by atomic mass is 10.0. The molecule has 170 valence electrons. The number of allylic oxidation sites excluding steroid dienone is 1. The molecule has 1 saturated heterocycles. The van der Waals surface area contributed by atoms with Crippen LogP contribution in [0.15, 0.2) is 73.3 Å². The van der Waals surface area contributed by atoms with Gasteiger partial charge in [0.25, 0.3) is 0 Å². The Labute approximate surface area is 189 Å². The number of carbonyl (C=O) groups is 2. The van der Waals surface area contributed by atoms with Gasteiger partial charge in [-0.3, -0.25) is 0 Å². The summed E-state index contributed by atoms with van der Waals surface area (Å²) >= 11 is 0. The van der Waals surface area contributed by atoms with Crippen molar-refractivity contribution in [2.75, 3.05) is 0 Å². The Kier molecular flexibility index (Phi) is 8.59. The van der Waals surface area contributed by atoms with Crippen molar-refractivity contribution in [2.45, 2.75) is 63.8 Å². The summed E-state index contributed by atoms with van der Waals surface area (Å²) in [5.41, 5.74) is 0.886. The number of ether oxygens (including phenoxy) is 4. The van der Waals surface area contributed by atoms with Crippen molar-refractivity contribution < 1.29 is 28.5 Å². The largest absolute Gasteiger partial charge is 0.456 e. The minimum Gasteiger partial charge on any atom is -0.456 e. The van der Waals surface area contributed by atoms with E-state index in [4.69, 9.17) is 18.9 Å². The van der Waals surface area contributed by atoms with Crippen LogP contribution in [0.2, 0.25) is 0 Å². The fourth-order valence-electron chi connectivity index (χ4n) is 3.49. The summed E-state index contributed by atoms with van der Waals surface area (Å²) in [6.45, 7) is 7.50. The SMILES string of the molecule is C=CCC[C@@H](C)O[C@@H]1O[C@H](C)[C@H](OC(=O)c2ccccc2)C[C@H]1OC(=O)c1ccccc1. The van der Waals surface area contributed by atoms with Crippen molar-refractivity contribution in [3.8, 4) is 0 Å². The average Bonchev–Trinajstić information content (AvgIpc) is 2.81. The molecule has 0 spiro atoms. The molecule has 5 atom stereocenters. The van der Waals surface area contributed by atoms with Crippen LogP contribution in [0, 0.1) is 0 Å². The Morgan fingerprint density at radius 3 is 2.06 bits per heavy atom. The zero-order valence-electron chi connectivity index (χ0n) is 18.5. The predicted molar refractivity (Wildman–Crippen MR) is 120 cm³/mol. The Bertz CT molecular complexity index is 882. The van der Waals surface area contributed by atoms with E-state index in [2.05, 4.69) is 6.58 Å². The number of benzene rings is 2. The molecule has 0 bridgehead atoms. The molecule has 0 unspecified atom stereocenters. The van der Waals surface area contributed by atoms with Gasteiger partial charge in [0.2, 0.25) is 0 Å². The first-order valence-corrected chi connectivity index (χ1v) is 10.9. The van der Waals surface area contributed by atoms with Crippen LogP contribution in [-0.4, -0.2) is 42.6 Å². The second-order valence-electron chi connectivity index (χ2n) is 7.88. The fraction of sp³-hybridized carbons (Fsp3) is 0.385. The third kappa shape index (κ3) is 6.52. The van der Waals surface area contributed by atoms with Crippen LogP contribution >= 0.6 is 0 Å². The highest BCUT2D eigenvalue weighted by molar-refractivity contribution is 5.90. The lowest BCUT2D eigenvalue weighted by molar-refractivity contribution is -0.272. The van der Waals surface area contributed by atoms with E-state index in [0.717, 1.165) is 12.8 Å². The zero-order valence-corrected chi connectivity index (χ0v) is 18.5. The standard InChI is InChI=1S/C26H30O6/c1-4-5-12-18(2)29-26-23(32-25(28)21-15-10-7-11-16-21)17-22(19(3)30-26)31-24(27)20-13-8-6-9-14-20/h4,6-11,13-16,18-19,22-23,26H,1,5,12,17H2,2-3H3/t18-,19-,22-,23-,26-/m1/s1. The van der Waals surface area contributed by atoms with E-state index in [1.807, 2.05) is 32.1 Å². The van der Waals surface area contributed by atoms with E-state index < -0.39 is 36.5 Å². The summed E-state index contributed by atoms with van der Waals surface area (Å²) in [5.74, 6) is -0.924. The van der Waals surface area contributed by atoms with Crippen LogP contribution in [0.3, 0.4) is 0 Å². The number of rotatable bonds is 9. The molecule has 32 heavy (non-hydrogen) atoms. The van der Waals surface area contributed by atoms with Crippen LogP contribution in [-0.2, 0) is 18.9 Å². The van der Waals surface area contributed by atoms with Gasteiger partial charge in [-0.15, -0.1) is 6.58 Å². The Balaban J connectivity index is 1.72. The molecule has 1 heterocycles. The highest BCUT2D eigenvalue weighted by Crippen LogP contribution is 2.28. The first-order valence-electron chi connectivity index (χ1n) is 10.9. The Morgan fingerprint density at radius 2 is 1.53 bits per heavy atom. The van der Waals surface area contributed by atoms with E-state index in [0.29, 0.717) is 11.1 Å². The van der Waals surface area contributed by atoms with Gasteiger partial charge in [0.15, 0.2) is 12.4 Å². The lowest BCUT2D eigenvalue weighted by Gasteiger charge is -2.39. The van der Waals surface area contributed by atoms with Gasteiger partial charge in [0.1, 0.15) is 6.10 Å². The molecule has 6 nitrogen and oxygen atoms in total. The quantitative estimate of drug-likeness (QED) is 0.408. The van der Waals surface area contributed by atoms with Gasteiger partial charge < -0.3 is 18.9 Å². The molecule has 1 aliphatic rings. The van der Waals surface area contributed by atoms with Crippen LogP contribution in [0.25, 0.3) is 0 Å². The van der Waals surface area contributed by atoms with E-state index >= 15 is 0 Å². The number of esters is 2. The number of hydrogen-bond acceptors (Lipinski definition) is 6. The molecule has 3 rings (SSSR count). The maximum atomic E-state index is 12.7. The van der Waals surface area contributed by atoms with Crippen molar-refractivity contribution >= 4 is 11.9 Å². The molecule has 0 amide bonds. The molecule has 0 N–H and O–H groups in total. The van der Waals surface area contributed by atoms with Gasteiger partial charge in [-0.25, -0.2) is 9.59 Å². The van der Waals surface area contributed by atoms with E-state index in [-0.39, 0.29) is 12.5 Å². The molecular formula is C26H30O6. The Hall–Kier alpha value is -2.96. The fourth-order valence-corrected chi connectivity index (χ4v) is 3.49. The molecule has 1 aliphatic heterocycles. The molecule has 0 aromatic heterocycles. The second kappa shape index (κ2) is 11.6. The molecule has 2 aromatic rings. The number of hydrogen-bond donors (Lipinski definition) is 0. The zero-order chi connectivity index (χ0) is 22.9. The minimum absolute atomic E-state index is 0.119. The molecule has 2 aromatic carbocycles. The Morgan fingerprint density at radius 1 is 1.00 bits per heavy atom. The molecule has 1 fully saturated rings. The highest BCUT2D eigenvalue weighted by atomic mass is 16.7. The normalized spacial score (nSPS) is 23.7. The number of carbonyl (C=O) groups excluding carboxylic acids is 2. The summed E-state index contributed by atoms with van der Waals surface area (Å²) in [6, 6.07) is 17.5. The molecule has 0 radical (unpaired) electrons. The van der Waals surface area contributed by atoms with Gasteiger partial charge in [-0.2, -0.15) is 0 Å². The average molecular weight is 439 g/mol. The third-order valence-corrected chi connectivity index (χ3v) is 5.32. The summed E-state index contributed by atoms with van der Waals surface area (Å²) in [6.07, 6.45) is 1.06. The maximum absolute atomic E-state index is 12.7. The van der Waals surface area contributed by atoms with E-state index in [9.17, 15) is 9.59 Å². The van der Waals surface area contributed by atoms with Gasteiger partial charge in [-0.1, -0.05) is 42.5 Å². The summed E-state index contributed by atoms with van der Waals surface area (Å²) in [7, 11) is 0. The summed E-state index contributed by atoms with van der Waals surface area (Å²) in [4.78, 5) is 25.3. The maximum Gasteiger partial charge on any atom is 0.338 e.